The molecule has 162 valence electrons. The molecule has 0 bridgehead atoms. The molecule has 0 aromatic rings. The molecule has 5 nitrogen and oxygen atoms in total. The molecule has 28 heavy (non-hydrogen) atoms. The summed E-state index contributed by atoms with van der Waals surface area (Å²) in [6.45, 7) is 29.9. The van der Waals surface area contributed by atoms with Gasteiger partial charge in [0.2, 0.25) is 0 Å². The quantitative estimate of drug-likeness (QED) is 0.336. The van der Waals surface area contributed by atoms with Gasteiger partial charge in [0, 0.05) is 0 Å². The van der Waals surface area contributed by atoms with E-state index in [9.17, 15) is 0 Å². The van der Waals surface area contributed by atoms with E-state index in [-0.39, 0.29) is 22.3 Å². The second kappa shape index (κ2) is 8.57. The summed E-state index contributed by atoms with van der Waals surface area (Å²) < 4.78 is 29.6. The maximum absolute atomic E-state index is 6.13. The molecule has 1 heterocycles. The monoisotopic (exact) mass is 428 g/mol. The van der Waals surface area contributed by atoms with Gasteiger partial charge in [0.1, 0.15) is 6.61 Å². The zero-order chi connectivity index (χ0) is 22.0. The number of ether oxygens (including phenoxy) is 3. The first-order valence-corrected chi connectivity index (χ1v) is 15.7. The second-order valence-electron chi connectivity index (χ2n) is 10.4. The van der Waals surface area contributed by atoms with E-state index < -0.39 is 16.6 Å². The van der Waals surface area contributed by atoms with Crippen LogP contribution in [0.3, 0.4) is 0 Å². The van der Waals surface area contributed by atoms with Gasteiger partial charge in [-0.2, -0.15) is 0 Å². The van der Waals surface area contributed by atoms with Crippen molar-refractivity contribution < 1.29 is 23.1 Å². The predicted molar refractivity (Wildman–Crippen MR) is 120 cm³/mol. The molecule has 0 N–H and O–H groups in total. The summed E-state index contributed by atoms with van der Waals surface area (Å²) in [6.07, 6.45) is 2.64. The fourth-order valence-electron chi connectivity index (χ4n) is 1.96. The molecule has 2 atom stereocenters. The molecule has 0 saturated heterocycles. The van der Waals surface area contributed by atoms with Crippen molar-refractivity contribution in [3.63, 3.8) is 0 Å². The summed E-state index contributed by atoms with van der Waals surface area (Å²) in [5, 5.41) is 0.121. The van der Waals surface area contributed by atoms with Gasteiger partial charge in [-0.3, -0.25) is 0 Å². The zero-order valence-corrected chi connectivity index (χ0v) is 21.5. The van der Waals surface area contributed by atoms with Gasteiger partial charge in [0.15, 0.2) is 12.2 Å². The van der Waals surface area contributed by atoms with Gasteiger partial charge >= 0.3 is 0 Å². The van der Waals surface area contributed by atoms with Crippen LogP contribution in [0.1, 0.15) is 41.5 Å². The summed E-state index contributed by atoms with van der Waals surface area (Å²) in [6, 6.07) is 0. The fourth-order valence-corrected chi connectivity index (χ4v) is 3.81. The Hall–Kier alpha value is -1.35. The van der Waals surface area contributed by atoms with Gasteiger partial charge in [0.05, 0.1) is 6.26 Å². The van der Waals surface area contributed by atoms with Crippen molar-refractivity contribution in [3.05, 3.63) is 37.4 Å². The molecule has 1 aliphatic rings. The topological polar surface area (TPSA) is 46.2 Å². The third-order valence-corrected chi connectivity index (χ3v) is 14.6. The lowest BCUT2D eigenvalue weighted by Crippen LogP contribution is -2.43. The van der Waals surface area contributed by atoms with Gasteiger partial charge < -0.3 is 23.1 Å². The van der Waals surface area contributed by atoms with E-state index in [4.69, 9.17) is 23.1 Å². The lowest BCUT2D eigenvalue weighted by Gasteiger charge is -2.39. The predicted octanol–water partition coefficient (Wildman–Crippen LogP) is 6.29. The fraction of sp³-hybridized carbons (Fsp3) is 0.714. The van der Waals surface area contributed by atoms with Crippen LogP contribution in [0.4, 0.5) is 0 Å². The van der Waals surface area contributed by atoms with Crippen LogP contribution in [0, 0.1) is 0 Å². The van der Waals surface area contributed by atoms with Gasteiger partial charge in [-0.25, -0.2) is 0 Å². The summed E-state index contributed by atoms with van der Waals surface area (Å²) in [7, 11) is -4.04. The summed E-state index contributed by atoms with van der Waals surface area (Å²) >= 11 is 0. The number of hydrogen-bond donors (Lipinski definition) is 0. The highest BCUT2D eigenvalue weighted by molar-refractivity contribution is 6.74. The Morgan fingerprint density at radius 2 is 1.29 bits per heavy atom. The minimum Gasteiger partial charge on any atom is -0.519 e. The maximum Gasteiger partial charge on any atom is 0.258 e. The Labute approximate surface area is 174 Å². The van der Waals surface area contributed by atoms with E-state index in [0.717, 1.165) is 0 Å². The Morgan fingerprint density at radius 1 is 0.857 bits per heavy atom. The number of rotatable bonds is 8. The average molecular weight is 429 g/mol. The van der Waals surface area contributed by atoms with Crippen molar-refractivity contribution in [1.82, 2.24) is 0 Å². The minimum absolute atomic E-state index is 0.0590. The van der Waals surface area contributed by atoms with E-state index in [1.165, 1.54) is 0 Å². The average Bonchev–Trinajstić information content (AvgIpc) is 2.45. The Morgan fingerprint density at radius 3 is 1.71 bits per heavy atom. The van der Waals surface area contributed by atoms with E-state index in [1.54, 1.807) is 12.3 Å². The molecule has 0 radical (unpaired) electrons. The van der Waals surface area contributed by atoms with Crippen molar-refractivity contribution in [3.8, 4) is 0 Å². The Bertz CT molecular complexity index is 597. The highest BCUT2D eigenvalue weighted by Crippen LogP contribution is 2.39. The van der Waals surface area contributed by atoms with Crippen LogP contribution in [0.2, 0.25) is 36.3 Å². The van der Waals surface area contributed by atoms with E-state index in [2.05, 4.69) is 80.9 Å². The van der Waals surface area contributed by atoms with E-state index in [1.807, 2.05) is 0 Å². The summed E-state index contributed by atoms with van der Waals surface area (Å²) in [5.41, 5.74) is 0. The first-order valence-electron chi connectivity index (χ1n) is 9.84. The molecule has 0 fully saturated rings. The molecule has 1 aliphatic heterocycles. The normalized spacial score (nSPS) is 20.8. The van der Waals surface area contributed by atoms with Crippen LogP contribution < -0.4 is 0 Å². The maximum atomic E-state index is 6.13. The highest BCUT2D eigenvalue weighted by Gasteiger charge is 2.42. The highest BCUT2D eigenvalue weighted by atomic mass is 28.4. The molecule has 0 unspecified atom stereocenters. The van der Waals surface area contributed by atoms with Gasteiger partial charge in [-0.1, -0.05) is 41.5 Å². The third-order valence-electron chi connectivity index (χ3n) is 5.89. The lowest BCUT2D eigenvalue weighted by molar-refractivity contribution is -0.0839. The molecule has 1 rings (SSSR count). The molecular formula is C21H40O5Si2. The summed E-state index contributed by atoms with van der Waals surface area (Å²) in [4.78, 5) is 0. The van der Waals surface area contributed by atoms with Crippen LogP contribution in [0.15, 0.2) is 37.4 Å². The second-order valence-corrected chi connectivity index (χ2v) is 19.8. The molecule has 0 spiro atoms. The van der Waals surface area contributed by atoms with Gasteiger partial charge in [-0.05, 0) is 55.5 Å². The van der Waals surface area contributed by atoms with Crippen molar-refractivity contribution in [2.24, 2.45) is 0 Å². The van der Waals surface area contributed by atoms with Crippen LogP contribution in [-0.4, -0.2) is 35.4 Å². The van der Waals surface area contributed by atoms with Gasteiger partial charge in [0.25, 0.3) is 28.5 Å². The Kier molecular flexibility index (Phi) is 7.56. The minimum atomic E-state index is -2.02. The van der Waals surface area contributed by atoms with E-state index >= 15 is 0 Å². The van der Waals surface area contributed by atoms with Crippen molar-refractivity contribution in [1.29, 1.82) is 0 Å². The van der Waals surface area contributed by atoms with Crippen LogP contribution in [0.5, 0.6) is 0 Å². The van der Waals surface area contributed by atoms with Crippen molar-refractivity contribution in [2.45, 2.75) is 90.0 Å². The van der Waals surface area contributed by atoms with Crippen molar-refractivity contribution >= 4 is 16.6 Å². The molecule has 0 aromatic carbocycles. The lowest BCUT2D eigenvalue weighted by atomic mass is 10.2. The largest absolute Gasteiger partial charge is 0.519 e. The molecule has 0 saturated carbocycles. The zero-order valence-electron chi connectivity index (χ0n) is 19.5. The Balaban J connectivity index is 2.74. The van der Waals surface area contributed by atoms with Crippen LogP contribution in [0.25, 0.3) is 0 Å². The van der Waals surface area contributed by atoms with Crippen LogP contribution in [-0.2, 0) is 23.1 Å². The SMILES string of the molecule is C=C(O[C@@H]1C=COC[C@H]1OC(=C)O[Si](C)(C)C(C)(C)C)O[Si](C)(C)C(C)(C)C. The van der Waals surface area contributed by atoms with Gasteiger partial charge in [-0.15, -0.1) is 0 Å². The van der Waals surface area contributed by atoms with Crippen molar-refractivity contribution in [2.75, 3.05) is 6.61 Å². The molecule has 0 aromatic heterocycles. The van der Waals surface area contributed by atoms with Crippen LogP contribution >= 0.6 is 0 Å². The number of hydrogen-bond acceptors (Lipinski definition) is 5. The molecule has 0 aliphatic carbocycles. The first-order chi connectivity index (χ1) is 12.5. The third kappa shape index (κ3) is 6.62. The van der Waals surface area contributed by atoms with E-state index in [0.29, 0.717) is 18.5 Å². The molecule has 0 amide bonds. The standard InChI is InChI=1S/C21H40O5Si2/c1-16(25-27(9,10)20(3,4)5)23-18-13-14-22-15-19(18)24-17(2)26-28(11,12)21(6,7)8/h13-14,18-19H,1-2,15H2,3-12H3/t18-,19-/m1/s1. The first kappa shape index (κ1) is 24.7. The molecule has 7 heteroatoms. The summed E-state index contributed by atoms with van der Waals surface area (Å²) in [5.74, 6) is 0.618. The smallest absolute Gasteiger partial charge is 0.258 e. The molecular weight excluding hydrogens is 388 g/mol.